The third kappa shape index (κ3) is 1.36. The van der Waals surface area contributed by atoms with E-state index in [1.807, 2.05) is 0 Å². The maximum absolute atomic E-state index is 13.5. The minimum absolute atomic E-state index is 0.245. The van der Waals surface area contributed by atoms with Crippen molar-refractivity contribution in [1.29, 1.82) is 0 Å². The Labute approximate surface area is 89.9 Å². The number of benzene rings is 1. The van der Waals surface area contributed by atoms with E-state index >= 15 is 0 Å². The Balaban J connectivity index is 2.78. The van der Waals surface area contributed by atoms with E-state index in [0.29, 0.717) is 5.39 Å². The minimum atomic E-state index is -3.87. The second kappa shape index (κ2) is 3.30. The highest BCUT2D eigenvalue weighted by molar-refractivity contribution is 5.89. The lowest BCUT2D eigenvalue weighted by atomic mass is 10.1. The fraction of sp³-hybridized carbons (Fsp3) is 0.182. The number of aryl methyl sites for hydroxylation is 1. The molecular weight excluding hydrogens is 216 g/mol. The maximum atomic E-state index is 13.5. The van der Waals surface area contributed by atoms with Gasteiger partial charge in [0.05, 0.1) is 11.1 Å². The summed E-state index contributed by atoms with van der Waals surface area (Å²) in [6.45, 7) is 0. The average molecular weight is 225 g/mol. The predicted octanol–water partition coefficient (Wildman–Crippen LogP) is 2.35. The van der Waals surface area contributed by atoms with Crippen LogP contribution in [0.25, 0.3) is 10.9 Å². The quantitative estimate of drug-likeness (QED) is 0.852. The number of hydrogen-bond acceptors (Lipinski definition) is 1. The van der Waals surface area contributed by atoms with Gasteiger partial charge in [-0.1, -0.05) is 18.2 Å². The summed E-state index contributed by atoms with van der Waals surface area (Å²) in [6, 6.07) is 5.89. The van der Waals surface area contributed by atoms with Crippen LogP contribution in [-0.4, -0.2) is 15.6 Å². The first-order valence-corrected chi connectivity index (χ1v) is 4.60. The largest absolute Gasteiger partial charge is 0.477 e. The number of alkyl halides is 2. The number of nitrogens with zero attached hydrogens (tertiary/aromatic N) is 1. The Kier molecular flexibility index (Phi) is 2.18. The Morgan fingerprint density at radius 2 is 2.06 bits per heavy atom. The van der Waals surface area contributed by atoms with E-state index in [0.717, 1.165) is 6.07 Å². The molecule has 1 heterocycles. The zero-order valence-corrected chi connectivity index (χ0v) is 8.45. The Hall–Kier alpha value is -1.91. The molecule has 0 radical (unpaired) electrons. The lowest BCUT2D eigenvalue weighted by molar-refractivity contribution is -0.166. The minimum Gasteiger partial charge on any atom is -0.477 e. The number of aliphatic carboxylic acids is 1. The Morgan fingerprint density at radius 3 is 2.69 bits per heavy atom. The van der Waals surface area contributed by atoms with Crippen molar-refractivity contribution in [3.8, 4) is 0 Å². The summed E-state index contributed by atoms with van der Waals surface area (Å²) in [6.07, 6.45) is 1.62. The lowest BCUT2D eigenvalue weighted by Crippen LogP contribution is -2.26. The zero-order chi connectivity index (χ0) is 11.9. The van der Waals surface area contributed by atoms with Crippen molar-refractivity contribution in [2.45, 2.75) is 5.92 Å². The van der Waals surface area contributed by atoms with Crippen LogP contribution >= 0.6 is 0 Å². The number of carboxylic acid groups (broad SMARTS) is 1. The van der Waals surface area contributed by atoms with Crippen molar-refractivity contribution >= 4 is 16.9 Å². The van der Waals surface area contributed by atoms with E-state index in [1.54, 1.807) is 25.4 Å². The molecule has 2 aromatic rings. The molecule has 84 valence electrons. The molecule has 1 aromatic heterocycles. The first kappa shape index (κ1) is 10.6. The fourth-order valence-electron chi connectivity index (χ4n) is 1.72. The highest BCUT2D eigenvalue weighted by atomic mass is 19.3. The summed E-state index contributed by atoms with van der Waals surface area (Å²) in [4.78, 5) is 10.5. The highest BCUT2D eigenvalue weighted by Crippen LogP contribution is 2.33. The van der Waals surface area contributed by atoms with Crippen LogP contribution < -0.4 is 0 Å². The summed E-state index contributed by atoms with van der Waals surface area (Å²) in [5.41, 5.74) is -0.236. The van der Waals surface area contributed by atoms with Crippen LogP contribution in [-0.2, 0) is 17.8 Å². The third-order valence-electron chi connectivity index (χ3n) is 2.50. The molecule has 0 spiro atoms. The average Bonchev–Trinajstić information content (AvgIpc) is 2.60. The van der Waals surface area contributed by atoms with Gasteiger partial charge in [0.2, 0.25) is 0 Å². The molecule has 0 amide bonds. The molecule has 0 aliphatic heterocycles. The van der Waals surface area contributed by atoms with Gasteiger partial charge in [-0.2, -0.15) is 8.78 Å². The van der Waals surface area contributed by atoms with Crippen LogP contribution in [0, 0.1) is 0 Å². The van der Waals surface area contributed by atoms with Crippen LogP contribution in [0.15, 0.2) is 30.5 Å². The van der Waals surface area contributed by atoms with E-state index in [1.165, 1.54) is 10.6 Å². The van der Waals surface area contributed by atoms with Gasteiger partial charge < -0.3 is 9.67 Å². The van der Waals surface area contributed by atoms with E-state index in [4.69, 9.17) is 5.11 Å². The smallest absolute Gasteiger partial charge is 0.379 e. The molecule has 0 bridgehead atoms. The van der Waals surface area contributed by atoms with E-state index in [2.05, 4.69) is 0 Å². The van der Waals surface area contributed by atoms with Gasteiger partial charge in [0.1, 0.15) is 0 Å². The number of fused-ring (bicyclic) bond motifs is 1. The van der Waals surface area contributed by atoms with Gasteiger partial charge in [-0.3, -0.25) is 0 Å². The summed E-state index contributed by atoms with van der Waals surface area (Å²) in [7, 11) is 1.60. The molecule has 5 heteroatoms. The topological polar surface area (TPSA) is 42.2 Å². The van der Waals surface area contributed by atoms with Gasteiger partial charge in [-0.15, -0.1) is 0 Å². The van der Waals surface area contributed by atoms with Gasteiger partial charge in [-0.05, 0) is 6.07 Å². The monoisotopic (exact) mass is 225 g/mol. The van der Waals surface area contributed by atoms with Gasteiger partial charge in [-0.25, -0.2) is 4.79 Å². The molecule has 2 rings (SSSR count). The van der Waals surface area contributed by atoms with Gasteiger partial charge >= 0.3 is 11.9 Å². The van der Waals surface area contributed by atoms with Crippen molar-refractivity contribution in [3.05, 3.63) is 36.0 Å². The molecular formula is C11H9F2NO2. The van der Waals surface area contributed by atoms with Crippen molar-refractivity contribution < 1.29 is 18.7 Å². The molecule has 0 aliphatic rings. The van der Waals surface area contributed by atoms with E-state index in [9.17, 15) is 13.6 Å². The predicted molar refractivity (Wildman–Crippen MR) is 54.4 cm³/mol. The van der Waals surface area contributed by atoms with Crippen LogP contribution in [0.3, 0.4) is 0 Å². The molecule has 16 heavy (non-hydrogen) atoms. The Bertz CT molecular complexity index is 560. The zero-order valence-electron chi connectivity index (χ0n) is 8.45. The van der Waals surface area contributed by atoms with E-state index < -0.39 is 17.5 Å². The van der Waals surface area contributed by atoms with Gasteiger partial charge in [0.25, 0.3) is 0 Å². The summed E-state index contributed by atoms with van der Waals surface area (Å²) in [5.74, 6) is -6.01. The highest BCUT2D eigenvalue weighted by Gasteiger charge is 2.42. The third-order valence-corrected chi connectivity index (χ3v) is 2.50. The summed E-state index contributed by atoms with van der Waals surface area (Å²) in [5, 5.41) is 9.12. The number of carboxylic acids is 1. The number of aromatic nitrogens is 1. The lowest BCUT2D eigenvalue weighted by Gasteiger charge is -2.13. The molecule has 0 aliphatic carbocycles. The van der Waals surface area contributed by atoms with Crippen LogP contribution in [0.1, 0.15) is 5.56 Å². The second-order valence-electron chi connectivity index (χ2n) is 3.55. The van der Waals surface area contributed by atoms with Crippen LogP contribution in [0.2, 0.25) is 0 Å². The standard InChI is InChI=1S/C11H9F2NO2/c1-14-6-5-7-3-2-4-8(9(7)14)11(12,13)10(15)16/h2-6H,1H3,(H,15,16). The fourth-order valence-corrected chi connectivity index (χ4v) is 1.72. The van der Waals surface area contributed by atoms with Gasteiger partial charge in [0.15, 0.2) is 0 Å². The first-order chi connectivity index (χ1) is 7.44. The SMILES string of the molecule is Cn1ccc2cccc(C(F)(F)C(=O)O)c21. The normalized spacial score (nSPS) is 11.9. The molecule has 1 aromatic carbocycles. The first-order valence-electron chi connectivity index (χ1n) is 4.60. The van der Waals surface area contributed by atoms with E-state index in [-0.39, 0.29) is 5.52 Å². The van der Waals surface area contributed by atoms with Crippen molar-refractivity contribution in [1.82, 2.24) is 4.57 Å². The number of rotatable bonds is 2. The van der Waals surface area contributed by atoms with Crippen molar-refractivity contribution in [2.24, 2.45) is 7.05 Å². The summed E-state index contributed by atoms with van der Waals surface area (Å²) >= 11 is 0. The molecule has 1 N–H and O–H groups in total. The van der Waals surface area contributed by atoms with Crippen LogP contribution in [0.4, 0.5) is 8.78 Å². The molecule has 0 saturated carbocycles. The molecule has 3 nitrogen and oxygen atoms in total. The number of carbonyl (C=O) groups is 1. The molecule has 0 atom stereocenters. The molecule has 0 unspecified atom stereocenters. The van der Waals surface area contributed by atoms with Crippen LogP contribution in [0.5, 0.6) is 0 Å². The maximum Gasteiger partial charge on any atom is 0.379 e. The number of hydrogen-bond donors (Lipinski definition) is 1. The number of para-hydroxylation sites is 1. The van der Waals surface area contributed by atoms with Crippen molar-refractivity contribution in [3.63, 3.8) is 0 Å². The van der Waals surface area contributed by atoms with Gasteiger partial charge in [0, 0.05) is 18.6 Å². The molecule has 0 fully saturated rings. The number of halogens is 2. The van der Waals surface area contributed by atoms with Crippen molar-refractivity contribution in [2.75, 3.05) is 0 Å². The molecule has 0 saturated heterocycles. The second-order valence-corrected chi connectivity index (χ2v) is 3.55. The Morgan fingerprint density at radius 1 is 1.38 bits per heavy atom. The summed E-state index contributed by atoms with van der Waals surface area (Å²) < 4.78 is 28.4.